The molecule has 2 saturated heterocycles. The highest BCUT2D eigenvalue weighted by molar-refractivity contribution is 7.09. The molecular formula is C19H25FN4OS. The third-order valence-electron chi connectivity index (χ3n) is 5.45. The maximum Gasteiger partial charge on any atom is 0.146 e. The van der Waals surface area contributed by atoms with Gasteiger partial charge in [-0.3, -0.25) is 9.80 Å². The molecule has 0 bridgehead atoms. The molecule has 2 aromatic rings. The van der Waals surface area contributed by atoms with Crippen LogP contribution < -0.4 is 4.90 Å². The quantitative estimate of drug-likeness (QED) is 0.885. The number of rotatable bonds is 4. The lowest BCUT2D eigenvalue weighted by atomic mass is 9.99. The maximum absolute atomic E-state index is 14.0. The maximum atomic E-state index is 14.0. The predicted molar refractivity (Wildman–Crippen MR) is 102 cm³/mol. The summed E-state index contributed by atoms with van der Waals surface area (Å²) >= 11 is 1.66. The molecule has 7 heteroatoms. The van der Waals surface area contributed by atoms with Gasteiger partial charge in [0.15, 0.2) is 0 Å². The number of β-amino-alcohol motifs (C(OH)–C–C–N with tert-alkyl or cyclic N) is 1. The van der Waals surface area contributed by atoms with Gasteiger partial charge in [0, 0.05) is 56.9 Å². The van der Waals surface area contributed by atoms with Gasteiger partial charge in [-0.1, -0.05) is 12.1 Å². The molecule has 0 saturated carbocycles. The van der Waals surface area contributed by atoms with Crippen LogP contribution in [0.25, 0.3) is 0 Å². The van der Waals surface area contributed by atoms with Crippen LogP contribution in [-0.2, 0) is 6.54 Å². The van der Waals surface area contributed by atoms with E-state index in [9.17, 15) is 9.50 Å². The molecule has 1 aromatic carbocycles. The summed E-state index contributed by atoms with van der Waals surface area (Å²) in [7, 11) is 0. The van der Waals surface area contributed by atoms with Gasteiger partial charge in [-0.15, -0.1) is 11.3 Å². The van der Waals surface area contributed by atoms with Crippen molar-refractivity contribution in [1.29, 1.82) is 0 Å². The number of hydrogen-bond donors (Lipinski definition) is 1. The van der Waals surface area contributed by atoms with Crippen LogP contribution in [0.4, 0.5) is 10.1 Å². The van der Waals surface area contributed by atoms with E-state index in [1.807, 2.05) is 23.7 Å². The van der Waals surface area contributed by atoms with Gasteiger partial charge in [-0.2, -0.15) is 0 Å². The fourth-order valence-corrected chi connectivity index (χ4v) is 4.74. The Morgan fingerprint density at radius 1 is 1.15 bits per heavy atom. The van der Waals surface area contributed by atoms with Crippen molar-refractivity contribution in [2.75, 3.05) is 44.2 Å². The summed E-state index contributed by atoms with van der Waals surface area (Å²) in [4.78, 5) is 11.1. The number of piperidine rings is 1. The van der Waals surface area contributed by atoms with Crippen LogP contribution in [0.1, 0.15) is 11.4 Å². The van der Waals surface area contributed by atoms with Crippen LogP contribution in [0.15, 0.2) is 35.8 Å². The standard InChI is InChI=1S/C19H25FN4OS/c20-15-3-1-2-4-16(15)23-8-10-24(11-9-23)17-5-7-22(13-18(17)25)14-19-21-6-12-26-19/h1-4,6,12,17-18,25H,5,7-11,13-14H2/t17-,18-/m1/s1. The summed E-state index contributed by atoms with van der Waals surface area (Å²) in [5.41, 5.74) is 0.686. The fourth-order valence-electron chi connectivity index (χ4n) is 4.08. The number of thiazole rings is 1. The Morgan fingerprint density at radius 2 is 1.96 bits per heavy atom. The molecule has 2 fully saturated rings. The number of nitrogens with zero attached hydrogens (tertiary/aromatic N) is 4. The van der Waals surface area contributed by atoms with Crippen LogP contribution >= 0.6 is 11.3 Å². The molecule has 4 rings (SSSR count). The number of hydrogen-bond acceptors (Lipinski definition) is 6. The number of likely N-dealkylation sites (tertiary alicyclic amines) is 1. The van der Waals surface area contributed by atoms with E-state index in [1.165, 1.54) is 6.07 Å². The molecule has 5 nitrogen and oxygen atoms in total. The Hall–Kier alpha value is -1.54. The monoisotopic (exact) mass is 376 g/mol. The first kappa shape index (κ1) is 17.9. The van der Waals surface area contributed by atoms with Gasteiger partial charge < -0.3 is 10.0 Å². The van der Waals surface area contributed by atoms with E-state index in [2.05, 4.69) is 19.7 Å². The molecular weight excluding hydrogens is 351 g/mol. The fraction of sp³-hybridized carbons (Fsp3) is 0.526. The Kier molecular flexibility index (Phi) is 5.49. The summed E-state index contributed by atoms with van der Waals surface area (Å²) in [6, 6.07) is 7.17. The van der Waals surface area contributed by atoms with Crippen LogP contribution in [0.3, 0.4) is 0 Å². The minimum absolute atomic E-state index is 0.156. The summed E-state index contributed by atoms with van der Waals surface area (Å²) in [5, 5.41) is 13.8. The average Bonchev–Trinajstić information content (AvgIpc) is 3.16. The SMILES string of the molecule is O[C@@H]1CN(Cc2nccs2)CC[C@H]1N1CCN(c2ccccc2F)CC1. The highest BCUT2D eigenvalue weighted by Gasteiger charge is 2.34. The molecule has 26 heavy (non-hydrogen) atoms. The van der Waals surface area contributed by atoms with E-state index in [1.54, 1.807) is 17.4 Å². The van der Waals surface area contributed by atoms with Gasteiger partial charge in [0.1, 0.15) is 10.8 Å². The zero-order valence-corrected chi connectivity index (χ0v) is 15.6. The van der Waals surface area contributed by atoms with Crippen molar-refractivity contribution in [1.82, 2.24) is 14.8 Å². The van der Waals surface area contributed by atoms with Gasteiger partial charge >= 0.3 is 0 Å². The van der Waals surface area contributed by atoms with E-state index in [0.717, 1.165) is 50.7 Å². The summed E-state index contributed by atoms with van der Waals surface area (Å²) < 4.78 is 14.0. The van der Waals surface area contributed by atoms with Crippen LogP contribution in [0, 0.1) is 5.82 Å². The topological polar surface area (TPSA) is 42.8 Å². The molecule has 2 aliphatic heterocycles. The molecule has 0 radical (unpaired) electrons. The van der Waals surface area contributed by atoms with Gasteiger partial charge in [0.25, 0.3) is 0 Å². The molecule has 2 atom stereocenters. The first-order valence-corrected chi connectivity index (χ1v) is 10.1. The lowest BCUT2D eigenvalue weighted by Crippen LogP contribution is -2.58. The molecule has 3 heterocycles. The minimum atomic E-state index is -0.344. The third-order valence-corrected chi connectivity index (χ3v) is 6.21. The van der Waals surface area contributed by atoms with Crippen molar-refractivity contribution in [2.45, 2.75) is 25.1 Å². The van der Waals surface area contributed by atoms with Crippen LogP contribution in [-0.4, -0.2) is 71.3 Å². The highest BCUT2D eigenvalue weighted by atomic mass is 32.1. The van der Waals surface area contributed by atoms with Crippen molar-refractivity contribution < 1.29 is 9.50 Å². The molecule has 140 valence electrons. The van der Waals surface area contributed by atoms with E-state index >= 15 is 0 Å². The van der Waals surface area contributed by atoms with E-state index < -0.39 is 0 Å². The van der Waals surface area contributed by atoms with E-state index in [4.69, 9.17) is 0 Å². The van der Waals surface area contributed by atoms with Crippen molar-refractivity contribution in [2.24, 2.45) is 0 Å². The Labute approximate surface area is 157 Å². The second kappa shape index (κ2) is 8.00. The predicted octanol–water partition coefficient (Wildman–Crippen LogP) is 2.04. The third kappa shape index (κ3) is 3.91. The number of aromatic nitrogens is 1. The largest absolute Gasteiger partial charge is 0.390 e. The second-order valence-corrected chi connectivity index (χ2v) is 8.04. The Bertz CT molecular complexity index is 705. The zero-order valence-electron chi connectivity index (χ0n) is 14.8. The van der Waals surface area contributed by atoms with Gasteiger partial charge in [-0.05, 0) is 18.6 Å². The highest BCUT2D eigenvalue weighted by Crippen LogP contribution is 2.24. The zero-order chi connectivity index (χ0) is 17.9. The smallest absolute Gasteiger partial charge is 0.146 e. The van der Waals surface area contributed by atoms with E-state index in [0.29, 0.717) is 12.2 Å². The van der Waals surface area contributed by atoms with Crippen molar-refractivity contribution in [3.8, 4) is 0 Å². The second-order valence-electron chi connectivity index (χ2n) is 7.06. The van der Waals surface area contributed by atoms with Gasteiger partial charge in [-0.25, -0.2) is 9.37 Å². The normalized spacial score (nSPS) is 25.5. The Morgan fingerprint density at radius 3 is 2.65 bits per heavy atom. The van der Waals surface area contributed by atoms with Crippen LogP contribution in [0.5, 0.6) is 0 Å². The van der Waals surface area contributed by atoms with Crippen LogP contribution in [0.2, 0.25) is 0 Å². The summed E-state index contributed by atoms with van der Waals surface area (Å²) in [6.07, 6.45) is 2.45. The number of anilines is 1. The van der Waals surface area contributed by atoms with Crippen molar-refractivity contribution >= 4 is 17.0 Å². The van der Waals surface area contributed by atoms with Gasteiger partial charge in [0.05, 0.1) is 18.3 Å². The molecule has 2 aliphatic rings. The number of benzene rings is 1. The summed E-state index contributed by atoms with van der Waals surface area (Å²) in [6.45, 7) is 5.82. The average molecular weight is 377 g/mol. The lowest BCUT2D eigenvalue weighted by molar-refractivity contribution is -0.0172. The van der Waals surface area contributed by atoms with Crippen molar-refractivity contribution in [3.63, 3.8) is 0 Å². The molecule has 1 N–H and O–H groups in total. The summed E-state index contributed by atoms with van der Waals surface area (Å²) in [5.74, 6) is -0.156. The number of aliphatic hydroxyl groups is 1. The first-order valence-electron chi connectivity index (χ1n) is 9.23. The molecule has 0 aliphatic carbocycles. The van der Waals surface area contributed by atoms with Crippen molar-refractivity contribution in [3.05, 3.63) is 46.7 Å². The number of piperazine rings is 1. The molecule has 0 amide bonds. The number of aliphatic hydroxyl groups excluding tert-OH is 1. The Balaban J connectivity index is 1.30. The minimum Gasteiger partial charge on any atom is -0.390 e. The number of halogens is 1. The molecule has 0 spiro atoms. The van der Waals surface area contributed by atoms with E-state index in [-0.39, 0.29) is 18.0 Å². The first-order chi connectivity index (χ1) is 12.7. The molecule has 1 aromatic heterocycles. The lowest BCUT2D eigenvalue weighted by Gasteiger charge is -2.45. The molecule has 0 unspecified atom stereocenters. The van der Waals surface area contributed by atoms with Gasteiger partial charge in [0.2, 0.25) is 0 Å². The number of para-hydroxylation sites is 1.